The molecular formula is C11H13NO2. The van der Waals surface area contributed by atoms with E-state index in [2.05, 4.69) is 18.3 Å². The van der Waals surface area contributed by atoms with Gasteiger partial charge < -0.3 is 10.1 Å². The van der Waals surface area contributed by atoms with Gasteiger partial charge in [-0.3, -0.25) is 0 Å². The molecule has 1 N–H and O–H groups in total. The van der Waals surface area contributed by atoms with Gasteiger partial charge in [-0.2, -0.15) is 0 Å². The Bertz CT molecular complexity index is 349. The Kier molecular flexibility index (Phi) is 2.39. The Balaban J connectivity index is 2.27. The molecule has 1 atom stereocenters. The molecule has 1 aliphatic rings. The van der Waals surface area contributed by atoms with Gasteiger partial charge in [-0.1, -0.05) is 31.2 Å². The zero-order valence-corrected chi connectivity index (χ0v) is 8.12. The number of carbonyl (C=O) groups is 1. The van der Waals surface area contributed by atoms with E-state index < -0.39 is 0 Å². The average Bonchev–Trinajstić information content (AvgIpc) is 2.65. The summed E-state index contributed by atoms with van der Waals surface area (Å²) >= 11 is 0. The van der Waals surface area contributed by atoms with Crippen LogP contribution in [0.5, 0.6) is 0 Å². The maximum atomic E-state index is 10.9. The first-order valence-electron chi connectivity index (χ1n) is 4.82. The number of nitrogens with one attached hydrogen (secondary N) is 1. The van der Waals surface area contributed by atoms with Crippen molar-refractivity contribution in [1.29, 1.82) is 0 Å². The van der Waals surface area contributed by atoms with Crippen LogP contribution in [0.3, 0.4) is 0 Å². The van der Waals surface area contributed by atoms with E-state index in [1.54, 1.807) is 0 Å². The minimum Gasteiger partial charge on any atom is -0.447 e. The molecule has 1 aromatic rings. The molecule has 1 aliphatic heterocycles. The minimum absolute atomic E-state index is 0.0265. The van der Waals surface area contributed by atoms with Gasteiger partial charge >= 0.3 is 6.09 Å². The first kappa shape index (κ1) is 9.06. The van der Waals surface area contributed by atoms with E-state index in [-0.39, 0.29) is 12.1 Å². The van der Waals surface area contributed by atoms with Gasteiger partial charge in [0.25, 0.3) is 0 Å². The van der Waals surface area contributed by atoms with Crippen LogP contribution in [0.25, 0.3) is 0 Å². The summed E-state index contributed by atoms with van der Waals surface area (Å²) in [5, 5.41) is 2.78. The van der Waals surface area contributed by atoms with Crippen LogP contribution >= 0.6 is 0 Å². The lowest BCUT2D eigenvalue weighted by Crippen LogP contribution is -2.19. The van der Waals surface area contributed by atoms with Gasteiger partial charge in [-0.15, -0.1) is 0 Å². The Hall–Kier alpha value is -1.51. The fourth-order valence-electron chi connectivity index (χ4n) is 1.75. The third-order valence-corrected chi connectivity index (χ3v) is 2.48. The highest BCUT2D eigenvalue weighted by atomic mass is 16.6. The van der Waals surface area contributed by atoms with Gasteiger partial charge in [-0.05, 0) is 17.5 Å². The Morgan fingerprint density at radius 2 is 2.29 bits per heavy atom. The fraction of sp³-hybridized carbons (Fsp3) is 0.364. The molecule has 1 aromatic carbocycles. The predicted octanol–water partition coefficient (Wildman–Crippen LogP) is 2.03. The molecule has 1 saturated heterocycles. The van der Waals surface area contributed by atoms with Crippen molar-refractivity contribution in [3.63, 3.8) is 0 Å². The van der Waals surface area contributed by atoms with Crippen molar-refractivity contribution < 1.29 is 9.53 Å². The summed E-state index contributed by atoms with van der Waals surface area (Å²) < 4.78 is 4.87. The van der Waals surface area contributed by atoms with E-state index in [1.165, 1.54) is 11.1 Å². The monoisotopic (exact) mass is 191 g/mol. The van der Waals surface area contributed by atoms with E-state index in [0.29, 0.717) is 6.61 Å². The van der Waals surface area contributed by atoms with Gasteiger partial charge in [0.15, 0.2) is 0 Å². The lowest BCUT2D eigenvalue weighted by atomic mass is 9.99. The number of amides is 1. The summed E-state index contributed by atoms with van der Waals surface area (Å²) in [6.45, 7) is 2.55. The van der Waals surface area contributed by atoms with Crippen LogP contribution in [-0.4, -0.2) is 12.7 Å². The molecule has 0 radical (unpaired) electrons. The number of aryl methyl sites for hydroxylation is 1. The maximum absolute atomic E-state index is 10.9. The van der Waals surface area contributed by atoms with Crippen molar-refractivity contribution in [3.8, 4) is 0 Å². The number of alkyl carbamates (subject to hydrolysis) is 1. The van der Waals surface area contributed by atoms with E-state index in [4.69, 9.17) is 4.74 Å². The van der Waals surface area contributed by atoms with Crippen molar-refractivity contribution >= 4 is 6.09 Å². The van der Waals surface area contributed by atoms with Gasteiger partial charge in [0.2, 0.25) is 0 Å². The molecule has 1 fully saturated rings. The summed E-state index contributed by atoms with van der Waals surface area (Å²) in [7, 11) is 0. The van der Waals surface area contributed by atoms with Gasteiger partial charge in [0.1, 0.15) is 6.61 Å². The van der Waals surface area contributed by atoms with E-state index in [0.717, 1.165) is 6.42 Å². The van der Waals surface area contributed by atoms with Crippen LogP contribution in [-0.2, 0) is 11.2 Å². The minimum atomic E-state index is -0.319. The summed E-state index contributed by atoms with van der Waals surface area (Å²) in [5.74, 6) is 0. The summed E-state index contributed by atoms with van der Waals surface area (Å²) in [6.07, 6.45) is 0.656. The second-order valence-electron chi connectivity index (χ2n) is 3.35. The number of cyclic esters (lactones) is 1. The number of ether oxygens (including phenoxy) is 1. The average molecular weight is 191 g/mol. The number of hydrogen-bond donors (Lipinski definition) is 1. The van der Waals surface area contributed by atoms with Crippen LogP contribution in [0.15, 0.2) is 24.3 Å². The lowest BCUT2D eigenvalue weighted by Gasteiger charge is -2.11. The number of benzene rings is 1. The molecule has 1 unspecified atom stereocenters. The molecule has 3 nitrogen and oxygen atoms in total. The number of carbonyl (C=O) groups excluding carboxylic acids is 1. The molecule has 0 aliphatic carbocycles. The molecule has 0 bridgehead atoms. The molecule has 0 aromatic heterocycles. The third kappa shape index (κ3) is 1.58. The smallest absolute Gasteiger partial charge is 0.407 e. The lowest BCUT2D eigenvalue weighted by molar-refractivity contribution is 0.177. The van der Waals surface area contributed by atoms with Gasteiger partial charge in [-0.25, -0.2) is 4.79 Å². The maximum Gasteiger partial charge on any atom is 0.407 e. The largest absolute Gasteiger partial charge is 0.447 e. The zero-order valence-electron chi connectivity index (χ0n) is 8.12. The van der Waals surface area contributed by atoms with Crippen LogP contribution in [0.2, 0.25) is 0 Å². The molecule has 2 rings (SSSR count). The highest BCUT2D eigenvalue weighted by Crippen LogP contribution is 2.22. The zero-order chi connectivity index (χ0) is 9.97. The molecule has 0 spiro atoms. The van der Waals surface area contributed by atoms with Crippen molar-refractivity contribution in [2.24, 2.45) is 0 Å². The Labute approximate surface area is 83.1 Å². The van der Waals surface area contributed by atoms with Crippen molar-refractivity contribution in [3.05, 3.63) is 35.4 Å². The molecule has 3 heteroatoms. The second kappa shape index (κ2) is 3.70. The Morgan fingerprint density at radius 3 is 2.93 bits per heavy atom. The van der Waals surface area contributed by atoms with Crippen molar-refractivity contribution in [2.45, 2.75) is 19.4 Å². The molecule has 0 saturated carbocycles. The highest BCUT2D eigenvalue weighted by Gasteiger charge is 2.24. The number of rotatable bonds is 2. The first-order valence-corrected chi connectivity index (χ1v) is 4.82. The number of hydrogen-bond acceptors (Lipinski definition) is 2. The van der Waals surface area contributed by atoms with Crippen LogP contribution in [0, 0.1) is 0 Å². The SMILES string of the molecule is CCc1ccccc1C1COC(=O)N1. The quantitative estimate of drug-likeness (QED) is 0.776. The molecule has 1 amide bonds. The van der Waals surface area contributed by atoms with Crippen molar-refractivity contribution in [2.75, 3.05) is 6.61 Å². The van der Waals surface area contributed by atoms with Gasteiger partial charge in [0.05, 0.1) is 6.04 Å². The molecule has 14 heavy (non-hydrogen) atoms. The van der Waals surface area contributed by atoms with Gasteiger partial charge in [0, 0.05) is 0 Å². The summed E-state index contributed by atoms with van der Waals surface area (Å²) in [4.78, 5) is 10.9. The second-order valence-corrected chi connectivity index (χ2v) is 3.35. The third-order valence-electron chi connectivity index (χ3n) is 2.48. The standard InChI is InChI=1S/C11H13NO2/c1-2-8-5-3-4-6-9(8)10-7-14-11(13)12-10/h3-6,10H,2,7H2,1H3,(H,12,13). The van der Waals surface area contributed by atoms with Crippen molar-refractivity contribution in [1.82, 2.24) is 5.32 Å². The molecule has 74 valence electrons. The summed E-state index contributed by atoms with van der Waals surface area (Å²) in [6, 6.07) is 8.15. The topological polar surface area (TPSA) is 38.3 Å². The van der Waals surface area contributed by atoms with Crippen LogP contribution < -0.4 is 5.32 Å². The van der Waals surface area contributed by atoms with E-state index in [9.17, 15) is 4.79 Å². The van der Waals surface area contributed by atoms with Crippen LogP contribution in [0.1, 0.15) is 24.1 Å². The molecular weight excluding hydrogens is 178 g/mol. The van der Waals surface area contributed by atoms with E-state index >= 15 is 0 Å². The first-order chi connectivity index (χ1) is 6.81. The normalized spacial score (nSPS) is 20.4. The summed E-state index contributed by atoms with van der Waals surface area (Å²) in [5.41, 5.74) is 2.43. The fourth-order valence-corrected chi connectivity index (χ4v) is 1.75. The Morgan fingerprint density at radius 1 is 1.50 bits per heavy atom. The van der Waals surface area contributed by atoms with Crippen LogP contribution in [0.4, 0.5) is 4.79 Å². The predicted molar refractivity (Wildman–Crippen MR) is 53.0 cm³/mol. The van der Waals surface area contributed by atoms with E-state index in [1.807, 2.05) is 18.2 Å². The molecule has 1 heterocycles. The highest BCUT2D eigenvalue weighted by molar-refractivity contribution is 5.70.